The van der Waals surface area contributed by atoms with E-state index in [4.69, 9.17) is 19.8 Å². The number of carbonyl (C=O) groups excluding carboxylic acids is 1. The van der Waals surface area contributed by atoms with Crippen molar-refractivity contribution < 1.29 is 22.4 Å². The van der Waals surface area contributed by atoms with Gasteiger partial charge in [-0.1, -0.05) is 0 Å². The first-order chi connectivity index (χ1) is 9.18. The smallest absolute Gasteiger partial charge is 0.289 e. The Morgan fingerprint density at radius 1 is 1.55 bits per heavy atom. The molecular formula is C11H15BrClNO5S. The summed E-state index contributed by atoms with van der Waals surface area (Å²) in [6.07, 6.45) is 0. The Balaban J connectivity index is 3.07. The Morgan fingerprint density at radius 3 is 2.55 bits per heavy atom. The molecule has 114 valence electrons. The zero-order valence-electron chi connectivity index (χ0n) is 11.2. The lowest BCUT2D eigenvalue weighted by Gasteiger charge is -2.25. The second-order valence-corrected chi connectivity index (χ2v) is 7.53. The van der Waals surface area contributed by atoms with Gasteiger partial charge in [-0.2, -0.15) is 0 Å². The van der Waals surface area contributed by atoms with Crippen LogP contribution in [0.2, 0.25) is 0 Å². The highest BCUT2D eigenvalue weighted by Gasteiger charge is 2.27. The van der Waals surface area contributed by atoms with Crippen LogP contribution in [0.5, 0.6) is 0 Å². The molecule has 0 aliphatic heterocycles. The Morgan fingerprint density at radius 2 is 2.15 bits per heavy atom. The van der Waals surface area contributed by atoms with Crippen molar-refractivity contribution >= 4 is 41.6 Å². The van der Waals surface area contributed by atoms with Gasteiger partial charge in [0.05, 0.1) is 6.61 Å². The largest absolute Gasteiger partial charge is 0.443 e. The van der Waals surface area contributed by atoms with Gasteiger partial charge in [0, 0.05) is 36.4 Å². The number of hydrogen-bond acceptors (Lipinski definition) is 5. The van der Waals surface area contributed by atoms with Gasteiger partial charge in [-0.05, 0) is 29.8 Å². The highest BCUT2D eigenvalue weighted by molar-refractivity contribution is 9.10. The van der Waals surface area contributed by atoms with E-state index in [1.807, 2.05) is 13.8 Å². The van der Waals surface area contributed by atoms with Crippen LogP contribution in [0.25, 0.3) is 0 Å². The molecule has 0 aromatic carbocycles. The Hall–Kier alpha value is -0.570. The zero-order valence-corrected chi connectivity index (χ0v) is 14.4. The topological polar surface area (TPSA) is 76.8 Å². The number of carbonyl (C=O) groups is 1. The Kier molecular flexibility index (Phi) is 6.06. The van der Waals surface area contributed by atoms with Crippen molar-refractivity contribution in [1.82, 2.24) is 4.90 Å². The van der Waals surface area contributed by atoms with E-state index >= 15 is 0 Å². The summed E-state index contributed by atoms with van der Waals surface area (Å²) in [5, 5.41) is 0. The summed E-state index contributed by atoms with van der Waals surface area (Å²) < 4.78 is 32.6. The van der Waals surface area contributed by atoms with Crippen LogP contribution >= 0.6 is 26.6 Å². The first-order valence-electron chi connectivity index (χ1n) is 5.72. The molecule has 1 aromatic rings. The first-order valence-corrected chi connectivity index (χ1v) is 8.82. The van der Waals surface area contributed by atoms with Gasteiger partial charge in [0.1, 0.15) is 4.90 Å². The summed E-state index contributed by atoms with van der Waals surface area (Å²) in [5.41, 5.74) is 0. The van der Waals surface area contributed by atoms with Gasteiger partial charge in [-0.3, -0.25) is 4.79 Å². The molecule has 9 heteroatoms. The Labute approximate surface area is 130 Å². The summed E-state index contributed by atoms with van der Waals surface area (Å²) in [5.74, 6) is -0.523. The molecule has 0 aliphatic carbocycles. The standard InChI is InChI=1S/C11H15BrClNO5S/c1-7(2)14(4-5-18-3)11(15)8-6-9(10(12)19-8)20(13,16)17/h6-7H,4-5H2,1-3H3. The maximum Gasteiger partial charge on any atom is 0.289 e. The number of amides is 1. The number of ether oxygens (including phenoxy) is 1. The molecule has 0 aliphatic rings. The number of furan rings is 1. The minimum Gasteiger partial charge on any atom is -0.443 e. The van der Waals surface area contributed by atoms with Crippen LogP contribution in [0.3, 0.4) is 0 Å². The van der Waals surface area contributed by atoms with E-state index in [1.165, 1.54) is 12.0 Å². The van der Waals surface area contributed by atoms with Crippen LogP contribution in [-0.4, -0.2) is 45.5 Å². The maximum absolute atomic E-state index is 12.3. The number of halogens is 2. The molecule has 0 unspecified atom stereocenters. The molecule has 0 saturated heterocycles. The van der Waals surface area contributed by atoms with Gasteiger partial charge >= 0.3 is 0 Å². The fourth-order valence-electron chi connectivity index (χ4n) is 1.55. The number of rotatable bonds is 6. The van der Waals surface area contributed by atoms with Crippen LogP contribution in [0, 0.1) is 0 Å². The minimum absolute atomic E-state index is 0.0856. The quantitative estimate of drug-likeness (QED) is 0.700. The van der Waals surface area contributed by atoms with Crippen LogP contribution in [-0.2, 0) is 13.8 Å². The van der Waals surface area contributed by atoms with Crippen molar-refractivity contribution in [3.8, 4) is 0 Å². The second-order valence-electron chi connectivity index (χ2n) is 4.27. The Bertz CT molecular complexity index is 584. The fraction of sp³-hybridized carbons (Fsp3) is 0.545. The first kappa shape index (κ1) is 17.5. The molecule has 1 amide bonds. The average molecular weight is 389 g/mol. The van der Waals surface area contributed by atoms with E-state index in [2.05, 4.69) is 15.9 Å². The highest BCUT2D eigenvalue weighted by atomic mass is 79.9. The number of nitrogens with zero attached hydrogens (tertiary/aromatic N) is 1. The van der Waals surface area contributed by atoms with Crippen molar-refractivity contribution in [2.45, 2.75) is 24.8 Å². The summed E-state index contributed by atoms with van der Waals surface area (Å²) in [7, 11) is 2.80. The number of methoxy groups -OCH3 is 1. The van der Waals surface area contributed by atoms with Crippen molar-refractivity contribution in [2.75, 3.05) is 20.3 Å². The van der Waals surface area contributed by atoms with Crippen LogP contribution in [0.15, 0.2) is 20.0 Å². The highest BCUT2D eigenvalue weighted by Crippen LogP contribution is 2.29. The van der Waals surface area contributed by atoms with Crippen molar-refractivity contribution in [2.24, 2.45) is 0 Å². The molecule has 0 atom stereocenters. The van der Waals surface area contributed by atoms with E-state index in [-0.39, 0.29) is 21.4 Å². The van der Waals surface area contributed by atoms with Gasteiger partial charge in [0.15, 0.2) is 10.4 Å². The third-order valence-corrected chi connectivity index (χ3v) is 4.73. The van der Waals surface area contributed by atoms with Gasteiger partial charge in [0.2, 0.25) is 0 Å². The predicted molar refractivity (Wildman–Crippen MR) is 77.5 cm³/mol. The minimum atomic E-state index is -3.97. The molecule has 0 bridgehead atoms. The normalized spacial score (nSPS) is 11.9. The summed E-state index contributed by atoms with van der Waals surface area (Å²) in [6.45, 7) is 4.41. The molecule has 1 aromatic heterocycles. The van der Waals surface area contributed by atoms with Crippen LogP contribution in [0.4, 0.5) is 0 Å². The molecule has 1 heterocycles. The fourth-order valence-corrected chi connectivity index (χ4v) is 3.58. The lowest BCUT2D eigenvalue weighted by atomic mass is 10.3. The zero-order chi connectivity index (χ0) is 15.5. The van der Waals surface area contributed by atoms with E-state index in [1.54, 1.807) is 0 Å². The molecule has 20 heavy (non-hydrogen) atoms. The SMILES string of the molecule is COCCN(C(=O)c1cc(S(=O)(=O)Cl)c(Br)o1)C(C)C. The van der Waals surface area contributed by atoms with E-state index in [0.29, 0.717) is 13.2 Å². The molecule has 0 saturated carbocycles. The maximum atomic E-state index is 12.3. The summed E-state index contributed by atoms with van der Waals surface area (Å²) in [6, 6.07) is 1.02. The van der Waals surface area contributed by atoms with Crippen molar-refractivity contribution in [3.63, 3.8) is 0 Å². The summed E-state index contributed by atoms with van der Waals surface area (Å²) in [4.78, 5) is 13.6. The molecule has 0 fully saturated rings. The van der Waals surface area contributed by atoms with Crippen molar-refractivity contribution in [3.05, 3.63) is 16.5 Å². The van der Waals surface area contributed by atoms with Crippen molar-refractivity contribution in [1.29, 1.82) is 0 Å². The second kappa shape index (κ2) is 6.93. The average Bonchev–Trinajstić information content (AvgIpc) is 2.71. The lowest BCUT2D eigenvalue weighted by Crippen LogP contribution is -2.39. The third kappa shape index (κ3) is 4.21. The molecular weight excluding hydrogens is 374 g/mol. The van der Waals surface area contributed by atoms with Gasteiger partial charge < -0.3 is 14.1 Å². The van der Waals surface area contributed by atoms with E-state index in [0.717, 1.165) is 6.07 Å². The molecule has 0 radical (unpaired) electrons. The molecule has 0 spiro atoms. The van der Waals surface area contributed by atoms with Crippen LogP contribution in [0.1, 0.15) is 24.4 Å². The monoisotopic (exact) mass is 387 g/mol. The number of hydrogen-bond donors (Lipinski definition) is 0. The molecule has 1 rings (SSSR count). The summed E-state index contributed by atoms with van der Waals surface area (Å²) >= 11 is 2.93. The third-order valence-electron chi connectivity index (χ3n) is 2.55. The van der Waals surface area contributed by atoms with Crippen LogP contribution < -0.4 is 0 Å². The van der Waals surface area contributed by atoms with Gasteiger partial charge in [-0.15, -0.1) is 0 Å². The molecule has 0 N–H and O–H groups in total. The lowest BCUT2D eigenvalue weighted by molar-refractivity contribution is 0.0602. The van der Waals surface area contributed by atoms with E-state index in [9.17, 15) is 13.2 Å². The predicted octanol–water partition coefficient (Wildman–Crippen LogP) is 2.47. The van der Waals surface area contributed by atoms with E-state index < -0.39 is 15.0 Å². The molecule has 6 nitrogen and oxygen atoms in total. The van der Waals surface area contributed by atoms with Gasteiger partial charge in [-0.25, -0.2) is 8.42 Å². The van der Waals surface area contributed by atoms with Gasteiger partial charge in [0.25, 0.3) is 15.0 Å².